The van der Waals surface area contributed by atoms with Gasteiger partial charge in [0.25, 0.3) is 7.82 Å². The Morgan fingerprint density at radius 1 is 0.719 bits per heavy atom. The second kappa shape index (κ2) is 20.4. The summed E-state index contributed by atoms with van der Waals surface area (Å²) in [5.41, 5.74) is 0. The molecule has 0 radical (unpaired) electrons. The molecule has 1 N–H and O–H groups in total. The lowest BCUT2D eigenvalue weighted by atomic mass is 10.0. The minimum Gasteiger partial charge on any atom is -0.756 e. The molecule has 0 spiro atoms. The van der Waals surface area contributed by atoms with E-state index in [2.05, 4.69) is 18.9 Å². The van der Waals surface area contributed by atoms with Crippen LogP contribution < -0.4 is 9.79 Å². The van der Waals surface area contributed by atoms with E-state index in [0.29, 0.717) is 6.54 Å². The number of nitrogens with zero attached hydrogens (tertiary/aromatic N) is 1. The van der Waals surface area contributed by atoms with Crippen molar-refractivity contribution in [3.8, 4) is 0 Å². The van der Waals surface area contributed by atoms with Gasteiger partial charge in [0, 0.05) is 19.6 Å². The van der Waals surface area contributed by atoms with Crippen molar-refractivity contribution in [3.05, 3.63) is 0 Å². The van der Waals surface area contributed by atoms with E-state index in [0.717, 1.165) is 45.4 Å². The lowest BCUT2D eigenvalue weighted by Crippen LogP contribution is -3.12. The van der Waals surface area contributed by atoms with E-state index in [9.17, 15) is 9.46 Å². The molecule has 1 rings (SSSR count). The largest absolute Gasteiger partial charge is 0.756 e. The molecule has 0 aromatic heterocycles. The van der Waals surface area contributed by atoms with Crippen molar-refractivity contribution in [2.75, 3.05) is 53.0 Å². The number of likely N-dealkylation sites (N-methyl/N-ethyl adjacent to an activating group) is 1. The summed E-state index contributed by atoms with van der Waals surface area (Å²) in [6.45, 7) is 7.57. The van der Waals surface area contributed by atoms with Crippen molar-refractivity contribution in [1.29, 1.82) is 0 Å². The van der Waals surface area contributed by atoms with Crippen molar-refractivity contribution in [3.63, 3.8) is 0 Å². The van der Waals surface area contributed by atoms with Crippen LogP contribution in [0, 0.1) is 0 Å². The Bertz CT molecular complexity index is 459. The van der Waals surface area contributed by atoms with E-state index in [-0.39, 0.29) is 13.2 Å². The van der Waals surface area contributed by atoms with Crippen molar-refractivity contribution in [2.45, 2.75) is 110 Å². The number of nitrogens with one attached hydrogen (secondary N) is 1. The lowest BCUT2D eigenvalue weighted by Gasteiger charge is -2.30. The van der Waals surface area contributed by atoms with E-state index < -0.39 is 7.82 Å². The molecule has 32 heavy (non-hydrogen) atoms. The zero-order chi connectivity index (χ0) is 23.3. The predicted molar refractivity (Wildman–Crippen MR) is 132 cm³/mol. The summed E-state index contributed by atoms with van der Waals surface area (Å²) in [6.07, 6.45) is 20.9. The molecule has 0 aromatic carbocycles. The molecule has 6 nitrogen and oxygen atoms in total. The van der Waals surface area contributed by atoms with Gasteiger partial charge in [0.15, 0.2) is 0 Å². The molecule has 1 aliphatic heterocycles. The van der Waals surface area contributed by atoms with E-state index in [1.807, 2.05) is 0 Å². The standard InChI is InChI=1S/C25H53N2O4P/c1-3-4-5-6-7-8-9-10-11-12-13-14-15-16-17-18-24-30-32(28,29)31-25-23-27-21-19-26(2)20-22-27/h3-25H2,1-2H3,(H,28,29). The third-order valence-electron chi connectivity index (χ3n) is 6.61. The highest BCUT2D eigenvalue weighted by Crippen LogP contribution is 2.38. The molecular weight excluding hydrogens is 423 g/mol. The number of quaternary nitrogens is 1. The zero-order valence-electron chi connectivity index (χ0n) is 21.3. The number of piperazine rings is 1. The fraction of sp³-hybridized carbons (Fsp3) is 1.00. The van der Waals surface area contributed by atoms with Gasteiger partial charge in [0.1, 0.15) is 0 Å². The molecule has 1 unspecified atom stereocenters. The first kappa shape index (κ1) is 30.1. The van der Waals surface area contributed by atoms with Crippen LogP contribution in [0.1, 0.15) is 110 Å². The van der Waals surface area contributed by atoms with Gasteiger partial charge in [-0.2, -0.15) is 0 Å². The molecule has 1 aliphatic rings. The monoisotopic (exact) mass is 476 g/mol. The third-order valence-corrected chi connectivity index (χ3v) is 7.61. The van der Waals surface area contributed by atoms with Crippen molar-refractivity contribution in [1.82, 2.24) is 4.90 Å². The van der Waals surface area contributed by atoms with Gasteiger partial charge < -0.3 is 18.8 Å². The highest BCUT2D eigenvalue weighted by Gasteiger charge is 2.17. The molecule has 1 fully saturated rings. The van der Waals surface area contributed by atoms with Crippen LogP contribution in [0.3, 0.4) is 0 Å². The van der Waals surface area contributed by atoms with Gasteiger partial charge in [-0.1, -0.05) is 103 Å². The Kier molecular flexibility index (Phi) is 19.2. The number of phosphoric acid groups is 1. The van der Waals surface area contributed by atoms with Crippen LogP contribution in [0.15, 0.2) is 0 Å². The van der Waals surface area contributed by atoms with Crippen LogP contribution in [-0.2, 0) is 13.6 Å². The van der Waals surface area contributed by atoms with Crippen molar-refractivity contribution >= 4 is 7.82 Å². The highest BCUT2D eigenvalue weighted by molar-refractivity contribution is 7.45. The molecule has 0 aromatic rings. The number of phosphoric ester groups is 1. The molecule has 7 heteroatoms. The first-order valence-electron chi connectivity index (χ1n) is 13.7. The fourth-order valence-electron chi connectivity index (χ4n) is 4.30. The molecule has 0 bridgehead atoms. The van der Waals surface area contributed by atoms with Gasteiger partial charge in [-0.25, -0.2) is 0 Å². The Morgan fingerprint density at radius 2 is 1.12 bits per heavy atom. The smallest absolute Gasteiger partial charge is 0.267 e. The number of hydrogen-bond donors (Lipinski definition) is 1. The van der Waals surface area contributed by atoms with Gasteiger partial charge in [-0.3, -0.25) is 9.46 Å². The second-order valence-electron chi connectivity index (χ2n) is 9.72. The minimum absolute atomic E-state index is 0.193. The highest BCUT2D eigenvalue weighted by atomic mass is 31.2. The summed E-state index contributed by atoms with van der Waals surface area (Å²) in [7, 11) is -1.96. The summed E-state index contributed by atoms with van der Waals surface area (Å²) in [6, 6.07) is 0. The maximum absolute atomic E-state index is 11.8. The van der Waals surface area contributed by atoms with Gasteiger partial charge in [-0.15, -0.1) is 0 Å². The summed E-state index contributed by atoms with van der Waals surface area (Å²) in [4.78, 5) is 15.6. The van der Waals surface area contributed by atoms with Gasteiger partial charge in [-0.05, 0) is 6.42 Å². The van der Waals surface area contributed by atoms with Gasteiger partial charge in [0.05, 0.1) is 33.4 Å². The predicted octanol–water partition coefficient (Wildman–Crippen LogP) is 4.58. The van der Waals surface area contributed by atoms with Crippen molar-refractivity contribution in [2.24, 2.45) is 0 Å². The van der Waals surface area contributed by atoms with Gasteiger partial charge in [0.2, 0.25) is 0 Å². The Morgan fingerprint density at radius 3 is 1.59 bits per heavy atom. The molecular formula is C25H53N2O4P. The van der Waals surface area contributed by atoms with E-state index in [1.165, 1.54) is 88.4 Å². The minimum atomic E-state index is -4.14. The van der Waals surface area contributed by atoms with E-state index in [1.54, 1.807) is 0 Å². The van der Waals surface area contributed by atoms with E-state index in [4.69, 9.17) is 9.05 Å². The maximum atomic E-state index is 11.8. The topological polar surface area (TPSA) is 66.3 Å². The first-order valence-corrected chi connectivity index (χ1v) is 15.1. The summed E-state index contributed by atoms with van der Waals surface area (Å²) in [5, 5.41) is 0. The lowest BCUT2D eigenvalue weighted by molar-refractivity contribution is -0.884. The normalized spacial score (nSPS) is 17.6. The molecule has 0 saturated carbocycles. The second-order valence-corrected chi connectivity index (χ2v) is 11.1. The summed E-state index contributed by atoms with van der Waals surface area (Å²) < 4.78 is 21.9. The average molecular weight is 477 g/mol. The Hall–Kier alpha value is 0.0300. The number of unbranched alkanes of at least 4 members (excludes halogenated alkanes) is 15. The number of hydrogen-bond acceptors (Lipinski definition) is 5. The number of rotatable bonds is 22. The van der Waals surface area contributed by atoms with Crippen molar-refractivity contribution < 1.29 is 23.4 Å². The molecule has 1 saturated heterocycles. The quantitative estimate of drug-likeness (QED) is 0.183. The van der Waals surface area contributed by atoms with Crippen LogP contribution in [0.2, 0.25) is 0 Å². The van der Waals surface area contributed by atoms with Crippen LogP contribution in [0.5, 0.6) is 0 Å². The van der Waals surface area contributed by atoms with Crippen LogP contribution >= 0.6 is 7.82 Å². The summed E-state index contributed by atoms with van der Waals surface area (Å²) in [5.74, 6) is 0. The molecule has 0 aliphatic carbocycles. The maximum Gasteiger partial charge on any atom is 0.267 e. The van der Waals surface area contributed by atoms with Crippen LogP contribution in [0.4, 0.5) is 0 Å². The van der Waals surface area contributed by atoms with Crippen LogP contribution in [0.25, 0.3) is 0 Å². The van der Waals surface area contributed by atoms with Crippen LogP contribution in [-0.4, -0.2) is 57.9 Å². The fourth-order valence-corrected chi connectivity index (χ4v) is 5.04. The molecule has 1 heterocycles. The SMILES string of the molecule is CCCCCCCCCCCCCCCCCCOP(=O)([O-])OCCN1CC[NH+](C)CC1. The third kappa shape index (κ3) is 18.5. The first-order chi connectivity index (χ1) is 15.5. The molecule has 192 valence electrons. The Labute approximate surface area is 199 Å². The molecule has 1 atom stereocenters. The molecule has 0 amide bonds. The zero-order valence-corrected chi connectivity index (χ0v) is 22.2. The van der Waals surface area contributed by atoms with E-state index >= 15 is 0 Å². The summed E-state index contributed by atoms with van der Waals surface area (Å²) >= 11 is 0. The van der Waals surface area contributed by atoms with Gasteiger partial charge >= 0.3 is 0 Å². The average Bonchev–Trinajstić information content (AvgIpc) is 2.77. The Balaban J connectivity index is 1.79.